The predicted molar refractivity (Wildman–Crippen MR) is 76.3 cm³/mol. The molecule has 100 valence electrons. The van der Waals surface area contributed by atoms with Crippen LogP contribution in [-0.4, -0.2) is 19.5 Å². The zero-order chi connectivity index (χ0) is 13.6. The highest BCUT2D eigenvalue weighted by molar-refractivity contribution is 5.75. The molecule has 0 radical (unpaired) electrons. The summed E-state index contributed by atoms with van der Waals surface area (Å²) in [5.41, 5.74) is 3.26. The maximum Gasteiger partial charge on any atom is 0.167 e. The third-order valence-electron chi connectivity index (χ3n) is 4.91. The number of hydrogen-bond acceptors (Lipinski definition) is 3. The van der Waals surface area contributed by atoms with Crippen molar-refractivity contribution in [2.75, 3.05) is 0 Å². The molecule has 0 amide bonds. The van der Waals surface area contributed by atoms with E-state index in [1.54, 1.807) is 12.5 Å². The van der Waals surface area contributed by atoms with E-state index in [0.29, 0.717) is 11.8 Å². The van der Waals surface area contributed by atoms with Crippen molar-refractivity contribution in [2.24, 2.45) is 17.3 Å². The maximum atomic E-state index is 4.41. The van der Waals surface area contributed by atoms with Gasteiger partial charge in [-0.3, -0.25) is 4.57 Å². The summed E-state index contributed by atoms with van der Waals surface area (Å²) in [6.07, 6.45) is 8.70. The Balaban J connectivity index is 2.16. The van der Waals surface area contributed by atoms with E-state index in [4.69, 9.17) is 0 Å². The van der Waals surface area contributed by atoms with Crippen molar-refractivity contribution in [3.63, 3.8) is 0 Å². The van der Waals surface area contributed by atoms with Crippen molar-refractivity contribution in [2.45, 2.75) is 34.1 Å². The molecule has 0 saturated carbocycles. The van der Waals surface area contributed by atoms with Crippen molar-refractivity contribution >= 4 is 16.9 Å². The van der Waals surface area contributed by atoms with E-state index in [1.807, 2.05) is 6.33 Å². The van der Waals surface area contributed by atoms with Crippen LogP contribution in [0.5, 0.6) is 0 Å². The number of allylic oxidation sites excluding steroid dienone is 2. The first-order valence-corrected chi connectivity index (χ1v) is 6.89. The number of imidazole rings is 1. The van der Waals surface area contributed by atoms with Crippen molar-refractivity contribution < 1.29 is 0 Å². The van der Waals surface area contributed by atoms with Crippen LogP contribution < -0.4 is 0 Å². The lowest BCUT2D eigenvalue weighted by Gasteiger charge is -2.37. The Labute approximate surface area is 113 Å². The average Bonchev–Trinajstić information content (AvgIpc) is 2.93. The SMILES string of the molecule is CC(C)[C@]1(C)C(n2cnc3cncnc32)=CCC1C. The fourth-order valence-electron chi connectivity index (χ4n) is 3.17. The lowest BCUT2D eigenvalue weighted by atomic mass is 9.70. The van der Waals surface area contributed by atoms with Crippen molar-refractivity contribution in [1.29, 1.82) is 0 Å². The first-order chi connectivity index (χ1) is 9.05. The first-order valence-electron chi connectivity index (χ1n) is 6.89. The summed E-state index contributed by atoms with van der Waals surface area (Å²) in [5.74, 6) is 1.22. The smallest absolute Gasteiger partial charge is 0.167 e. The quantitative estimate of drug-likeness (QED) is 0.827. The molecule has 2 aromatic heterocycles. The van der Waals surface area contributed by atoms with E-state index in [2.05, 4.69) is 53.3 Å². The largest absolute Gasteiger partial charge is 0.287 e. The van der Waals surface area contributed by atoms with Gasteiger partial charge in [0.15, 0.2) is 5.65 Å². The Morgan fingerprint density at radius 3 is 2.89 bits per heavy atom. The highest BCUT2D eigenvalue weighted by atomic mass is 15.1. The predicted octanol–water partition coefficient (Wildman–Crippen LogP) is 3.37. The highest BCUT2D eigenvalue weighted by Crippen LogP contribution is 2.51. The average molecular weight is 256 g/mol. The summed E-state index contributed by atoms with van der Waals surface area (Å²) in [6.45, 7) is 9.28. The second-order valence-electron chi connectivity index (χ2n) is 6.01. The van der Waals surface area contributed by atoms with Crippen molar-refractivity contribution in [1.82, 2.24) is 19.5 Å². The molecular formula is C15H20N4. The molecule has 19 heavy (non-hydrogen) atoms. The molecule has 0 aromatic carbocycles. The van der Waals surface area contributed by atoms with Crippen LogP contribution in [0, 0.1) is 17.3 Å². The van der Waals surface area contributed by atoms with Crippen molar-refractivity contribution in [3.8, 4) is 0 Å². The number of rotatable bonds is 2. The van der Waals surface area contributed by atoms with Gasteiger partial charge >= 0.3 is 0 Å². The maximum absolute atomic E-state index is 4.41. The summed E-state index contributed by atoms with van der Waals surface area (Å²) in [6, 6.07) is 0. The summed E-state index contributed by atoms with van der Waals surface area (Å²) in [7, 11) is 0. The third-order valence-corrected chi connectivity index (χ3v) is 4.91. The van der Waals surface area contributed by atoms with E-state index >= 15 is 0 Å². The van der Waals surface area contributed by atoms with E-state index in [0.717, 1.165) is 17.6 Å². The van der Waals surface area contributed by atoms with E-state index in [9.17, 15) is 0 Å². The molecule has 1 aliphatic rings. The van der Waals surface area contributed by atoms with Gasteiger partial charge in [0, 0.05) is 11.1 Å². The fraction of sp³-hybridized carbons (Fsp3) is 0.533. The number of nitrogens with zero attached hydrogens (tertiary/aromatic N) is 4. The molecule has 0 bridgehead atoms. The van der Waals surface area contributed by atoms with Crippen LogP contribution in [0.15, 0.2) is 24.9 Å². The molecule has 2 aromatic rings. The molecule has 0 fully saturated rings. The minimum Gasteiger partial charge on any atom is -0.287 e. The Bertz CT molecular complexity index is 640. The van der Waals surface area contributed by atoms with E-state index in [1.165, 1.54) is 5.70 Å². The summed E-state index contributed by atoms with van der Waals surface area (Å²) < 4.78 is 2.14. The Kier molecular flexibility index (Phi) is 2.69. The van der Waals surface area contributed by atoms with Gasteiger partial charge in [-0.15, -0.1) is 0 Å². The second kappa shape index (κ2) is 4.15. The van der Waals surface area contributed by atoms with Gasteiger partial charge in [0.25, 0.3) is 0 Å². The molecule has 0 N–H and O–H groups in total. The van der Waals surface area contributed by atoms with Crippen LogP contribution >= 0.6 is 0 Å². The zero-order valence-electron chi connectivity index (χ0n) is 12.0. The van der Waals surface area contributed by atoms with Crippen LogP contribution in [0.3, 0.4) is 0 Å². The van der Waals surface area contributed by atoms with Crippen molar-refractivity contribution in [3.05, 3.63) is 24.9 Å². The number of fused-ring (bicyclic) bond motifs is 1. The van der Waals surface area contributed by atoms with Gasteiger partial charge in [0.1, 0.15) is 18.2 Å². The lowest BCUT2D eigenvalue weighted by molar-refractivity contribution is 0.215. The van der Waals surface area contributed by atoms with Gasteiger partial charge in [-0.25, -0.2) is 15.0 Å². The number of aromatic nitrogens is 4. The molecule has 2 atom stereocenters. The van der Waals surface area contributed by atoms with E-state index < -0.39 is 0 Å². The number of hydrogen-bond donors (Lipinski definition) is 0. The second-order valence-corrected chi connectivity index (χ2v) is 6.01. The monoisotopic (exact) mass is 256 g/mol. The molecule has 1 aliphatic carbocycles. The molecule has 1 unspecified atom stereocenters. The fourth-order valence-corrected chi connectivity index (χ4v) is 3.17. The molecule has 0 spiro atoms. The minimum atomic E-state index is 0.165. The standard InChI is InChI=1S/C15H20N4/c1-10(2)15(4)11(3)5-6-13(15)19-9-18-12-7-16-8-17-14(12)19/h6-11H,5H2,1-4H3/t11?,15-/m0/s1. The van der Waals surface area contributed by atoms with Crippen LogP contribution in [0.1, 0.15) is 34.1 Å². The van der Waals surface area contributed by atoms with Crippen LogP contribution in [0.4, 0.5) is 0 Å². The molecule has 0 aliphatic heterocycles. The molecular weight excluding hydrogens is 236 g/mol. The highest BCUT2D eigenvalue weighted by Gasteiger charge is 2.42. The Morgan fingerprint density at radius 2 is 2.16 bits per heavy atom. The lowest BCUT2D eigenvalue weighted by Crippen LogP contribution is -2.30. The van der Waals surface area contributed by atoms with E-state index in [-0.39, 0.29) is 5.41 Å². The van der Waals surface area contributed by atoms with Gasteiger partial charge < -0.3 is 0 Å². The third kappa shape index (κ3) is 1.62. The van der Waals surface area contributed by atoms with Gasteiger partial charge in [0.2, 0.25) is 0 Å². The van der Waals surface area contributed by atoms with Gasteiger partial charge in [-0.05, 0) is 18.3 Å². The van der Waals surface area contributed by atoms with Gasteiger partial charge in [-0.1, -0.05) is 33.8 Å². The summed E-state index contributed by atoms with van der Waals surface area (Å²) in [5, 5.41) is 0. The molecule has 2 heterocycles. The molecule has 0 saturated heterocycles. The van der Waals surface area contributed by atoms with Crippen LogP contribution in [0.25, 0.3) is 16.9 Å². The molecule has 4 nitrogen and oxygen atoms in total. The Hall–Kier alpha value is -1.71. The summed E-state index contributed by atoms with van der Waals surface area (Å²) in [4.78, 5) is 12.8. The minimum absolute atomic E-state index is 0.165. The van der Waals surface area contributed by atoms with Crippen LogP contribution in [0.2, 0.25) is 0 Å². The van der Waals surface area contributed by atoms with Crippen LogP contribution in [-0.2, 0) is 0 Å². The van der Waals surface area contributed by atoms with Gasteiger partial charge in [-0.2, -0.15) is 0 Å². The molecule has 4 heteroatoms. The van der Waals surface area contributed by atoms with Gasteiger partial charge in [0.05, 0.1) is 6.20 Å². The molecule has 3 rings (SSSR count). The topological polar surface area (TPSA) is 43.6 Å². The first kappa shape index (κ1) is 12.3. The Morgan fingerprint density at radius 1 is 1.37 bits per heavy atom. The zero-order valence-corrected chi connectivity index (χ0v) is 12.0. The normalized spacial score (nSPS) is 27.2. The summed E-state index contributed by atoms with van der Waals surface area (Å²) >= 11 is 0.